The van der Waals surface area contributed by atoms with Crippen LogP contribution in [0.25, 0.3) is 10.2 Å². The number of hydrogen-bond acceptors (Lipinski definition) is 4. The van der Waals surface area contributed by atoms with Crippen LogP contribution in [-0.4, -0.2) is 33.4 Å². The molecule has 0 N–H and O–H groups in total. The first-order chi connectivity index (χ1) is 13.8. The van der Waals surface area contributed by atoms with Crippen molar-refractivity contribution in [1.82, 2.24) is 14.5 Å². The van der Waals surface area contributed by atoms with Crippen LogP contribution in [0, 0.1) is 0 Å². The zero-order valence-corrected chi connectivity index (χ0v) is 16.2. The van der Waals surface area contributed by atoms with Crippen molar-refractivity contribution in [3.63, 3.8) is 0 Å². The fourth-order valence-corrected chi connectivity index (χ4v) is 4.65. The van der Waals surface area contributed by atoms with Crippen LogP contribution >= 0.6 is 11.3 Å². The molecule has 2 aromatic heterocycles. The molecule has 1 saturated heterocycles. The van der Waals surface area contributed by atoms with Gasteiger partial charge in [0.15, 0.2) is 0 Å². The summed E-state index contributed by atoms with van der Waals surface area (Å²) in [7, 11) is 0. The highest BCUT2D eigenvalue weighted by molar-refractivity contribution is 7.18. The van der Waals surface area contributed by atoms with Gasteiger partial charge in [0.2, 0.25) is 5.91 Å². The standard InChI is InChI=1S/C20H18F3N3O2S/c21-20(22,23)14-5-6-17(27)26(11-14)12-18(28)25-9-7-13(8-10-25)19-24-15-3-1-2-4-16(15)29-19/h1-6,11,13H,7-10,12H2. The number of rotatable bonds is 3. The van der Waals surface area contributed by atoms with Crippen LogP contribution < -0.4 is 5.56 Å². The summed E-state index contributed by atoms with van der Waals surface area (Å²) in [5.41, 5.74) is -0.606. The van der Waals surface area contributed by atoms with Crippen LogP contribution in [0.2, 0.25) is 0 Å². The minimum absolute atomic E-state index is 0.257. The number of para-hydroxylation sites is 1. The quantitative estimate of drug-likeness (QED) is 0.645. The Bertz CT molecular complexity index is 1070. The number of likely N-dealkylation sites (tertiary alicyclic amines) is 1. The van der Waals surface area contributed by atoms with E-state index in [2.05, 4.69) is 4.98 Å². The van der Waals surface area contributed by atoms with E-state index in [4.69, 9.17) is 0 Å². The first-order valence-corrected chi connectivity index (χ1v) is 10.0. The molecule has 0 spiro atoms. The summed E-state index contributed by atoms with van der Waals surface area (Å²) in [6.45, 7) is 0.592. The summed E-state index contributed by atoms with van der Waals surface area (Å²) in [4.78, 5) is 30.7. The molecule has 0 radical (unpaired) electrons. The van der Waals surface area contributed by atoms with Gasteiger partial charge in [-0.15, -0.1) is 11.3 Å². The van der Waals surface area contributed by atoms with Crippen LogP contribution in [0.15, 0.2) is 47.4 Å². The molecule has 1 amide bonds. The summed E-state index contributed by atoms with van der Waals surface area (Å²) in [5.74, 6) is -0.0955. The van der Waals surface area contributed by atoms with E-state index in [1.807, 2.05) is 24.3 Å². The molecule has 29 heavy (non-hydrogen) atoms. The highest BCUT2D eigenvalue weighted by Gasteiger charge is 2.31. The second kappa shape index (κ2) is 7.62. The third kappa shape index (κ3) is 4.19. The lowest BCUT2D eigenvalue weighted by atomic mass is 9.97. The molecule has 0 unspecified atom stereocenters. The maximum absolute atomic E-state index is 12.9. The summed E-state index contributed by atoms with van der Waals surface area (Å²) in [6, 6.07) is 9.50. The van der Waals surface area contributed by atoms with Gasteiger partial charge in [-0.05, 0) is 31.0 Å². The molecular formula is C20H18F3N3O2S. The van der Waals surface area contributed by atoms with Crippen LogP contribution in [0.3, 0.4) is 0 Å². The third-order valence-corrected chi connectivity index (χ3v) is 6.32. The number of hydrogen-bond donors (Lipinski definition) is 0. The lowest BCUT2D eigenvalue weighted by Gasteiger charge is -2.31. The van der Waals surface area contributed by atoms with Crippen molar-refractivity contribution in [1.29, 1.82) is 0 Å². The zero-order valence-electron chi connectivity index (χ0n) is 15.4. The number of alkyl halides is 3. The molecule has 9 heteroatoms. The average molecular weight is 421 g/mol. The van der Waals surface area contributed by atoms with E-state index in [0.29, 0.717) is 19.3 Å². The third-order valence-electron chi connectivity index (χ3n) is 5.12. The molecule has 0 saturated carbocycles. The highest BCUT2D eigenvalue weighted by atomic mass is 32.1. The maximum Gasteiger partial charge on any atom is 0.417 e. The predicted octanol–water partition coefficient (Wildman–Crippen LogP) is 3.88. The number of benzene rings is 1. The zero-order chi connectivity index (χ0) is 20.6. The number of carbonyl (C=O) groups is 1. The first kappa shape index (κ1) is 19.6. The van der Waals surface area contributed by atoms with E-state index >= 15 is 0 Å². The molecule has 0 bridgehead atoms. The summed E-state index contributed by atoms with van der Waals surface area (Å²) in [5, 5.41) is 1.05. The van der Waals surface area contributed by atoms with Gasteiger partial charge in [-0.3, -0.25) is 9.59 Å². The van der Waals surface area contributed by atoms with Crippen molar-refractivity contribution < 1.29 is 18.0 Å². The van der Waals surface area contributed by atoms with Gasteiger partial charge in [0.1, 0.15) is 6.54 Å². The molecular weight excluding hydrogens is 403 g/mol. The summed E-state index contributed by atoms with van der Waals surface area (Å²) < 4.78 is 40.5. The number of amides is 1. The van der Waals surface area contributed by atoms with Gasteiger partial charge in [-0.2, -0.15) is 13.2 Å². The SMILES string of the molecule is O=C(Cn1cc(C(F)(F)F)ccc1=O)N1CCC(c2nc3ccccc3s2)CC1. The van der Waals surface area contributed by atoms with Gasteiger partial charge in [-0.25, -0.2) is 4.98 Å². The monoisotopic (exact) mass is 421 g/mol. The summed E-state index contributed by atoms with van der Waals surface area (Å²) in [6.07, 6.45) is -2.38. The van der Waals surface area contributed by atoms with Gasteiger partial charge < -0.3 is 9.47 Å². The minimum Gasteiger partial charge on any atom is -0.341 e. The Hall–Kier alpha value is -2.68. The molecule has 1 aromatic carbocycles. The molecule has 3 aromatic rings. The van der Waals surface area contributed by atoms with Crippen LogP contribution in [0.1, 0.15) is 29.3 Å². The second-order valence-electron chi connectivity index (χ2n) is 7.06. The number of nitrogens with zero attached hydrogens (tertiary/aromatic N) is 3. The number of halogens is 3. The van der Waals surface area contributed by atoms with Crippen LogP contribution in [-0.2, 0) is 17.5 Å². The van der Waals surface area contributed by atoms with E-state index < -0.39 is 23.8 Å². The Balaban J connectivity index is 1.41. The molecule has 3 heterocycles. The lowest BCUT2D eigenvalue weighted by molar-refractivity contribution is -0.139. The normalized spacial score (nSPS) is 15.8. The molecule has 0 aliphatic carbocycles. The van der Waals surface area contributed by atoms with Gasteiger partial charge in [0, 0.05) is 31.3 Å². The van der Waals surface area contributed by atoms with Gasteiger partial charge >= 0.3 is 6.18 Å². The fourth-order valence-electron chi connectivity index (χ4n) is 3.51. The van der Waals surface area contributed by atoms with Crippen molar-refractivity contribution in [2.75, 3.05) is 13.1 Å². The fraction of sp³-hybridized carbons (Fsp3) is 0.350. The summed E-state index contributed by atoms with van der Waals surface area (Å²) >= 11 is 1.66. The topological polar surface area (TPSA) is 55.2 Å². The number of pyridine rings is 1. The molecule has 4 rings (SSSR count). The van der Waals surface area contributed by atoms with E-state index in [1.165, 1.54) is 0 Å². The molecule has 5 nitrogen and oxygen atoms in total. The van der Waals surface area contributed by atoms with Crippen LogP contribution in [0.5, 0.6) is 0 Å². The number of thiazole rings is 1. The number of carbonyl (C=O) groups excluding carboxylic acids is 1. The maximum atomic E-state index is 12.9. The van der Waals surface area contributed by atoms with E-state index in [-0.39, 0.29) is 11.8 Å². The van der Waals surface area contributed by atoms with E-state index in [1.54, 1.807) is 16.2 Å². The smallest absolute Gasteiger partial charge is 0.341 e. The Kier molecular flexibility index (Phi) is 5.16. The van der Waals surface area contributed by atoms with E-state index in [0.717, 1.165) is 44.8 Å². The minimum atomic E-state index is -4.56. The molecule has 0 atom stereocenters. The van der Waals surface area contributed by atoms with Gasteiger partial charge in [0.05, 0.1) is 20.8 Å². The van der Waals surface area contributed by atoms with Crippen molar-refractivity contribution in [2.24, 2.45) is 0 Å². The first-order valence-electron chi connectivity index (χ1n) is 9.22. The van der Waals surface area contributed by atoms with Crippen LogP contribution in [0.4, 0.5) is 13.2 Å². The molecule has 152 valence electrons. The van der Waals surface area contributed by atoms with Crippen molar-refractivity contribution >= 4 is 27.5 Å². The average Bonchev–Trinajstić information content (AvgIpc) is 3.13. The largest absolute Gasteiger partial charge is 0.417 e. The van der Waals surface area contributed by atoms with Crippen molar-refractivity contribution in [3.8, 4) is 0 Å². The second-order valence-corrected chi connectivity index (χ2v) is 8.12. The van der Waals surface area contributed by atoms with Gasteiger partial charge in [-0.1, -0.05) is 12.1 Å². The molecule has 1 fully saturated rings. The lowest BCUT2D eigenvalue weighted by Crippen LogP contribution is -2.41. The highest BCUT2D eigenvalue weighted by Crippen LogP contribution is 2.34. The Morgan fingerprint density at radius 2 is 1.86 bits per heavy atom. The number of aromatic nitrogens is 2. The number of piperidine rings is 1. The Morgan fingerprint density at radius 3 is 2.55 bits per heavy atom. The van der Waals surface area contributed by atoms with Gasteiger partial charge in [0.25, 0.3) is 5.56 Å². The molecule has 1 aliphatic heterocycles. The van der Waals surface area contributed by atoms with Crippen molar-refractivity contribution in [2.45, 2.75) is 31.5 Å². The van der Waals surface area contributed by atoms with E-state index in [9.17, 15) is 22.8 Å². The predicted molar refractivity (Wildman–Crippen MR) is 104 cm³/mol. The Morgan fingerprint density at radius 1 is 1.14 bits per heavy atom. The molecule has 1 aliphatic rings. The number of fused-ring (bicyclic) bond motifs is 1. The van der Waals surface area contributed by atoms with Crippen molar-refractivity contribution in [3.05, 3.63) is 63.5 Å². The Labute approximate surface area is 168 Å².